The number of ether oxygens (including phenoxy) is 3. The van der Waals surface area contributed by atoms with E-state index in [4.69, 9.17) is 14.2 Å². The van der Waals surface area contributed by atoms with Gasteiger partial charge >= 0.3 is 0 Å². The van der Waals surface area contributed by atoms with Crippen molar-refractivity contribution in [2.75, 3.05) is 26.6 Å². The number of anilines is 1. The molecule has 0 unspecified atom stereocenters. The summed E-state index contributed by atoms with van der Waals surface area (Å²) in [5.74, 6) is 1.67. The molecule has 0 fully saturated rings. The van der Waals surface area contributed by atoms with E-state index in [0.717, 1.165) is 42.1 Å². The predicted octanol–water partition coefficient (Wildman–Crippen LogP) is 4.43. The Balaban J connectivity index is 1.80. The fourth-order valence-electron chi connectivity index (χ4n) is 3.40. The number of nitrogens with zero attached hydrogens (tertiary/aromatic N) is 1. The number of hydrogen-bond donors (Lipinski definition) is 2. The SMILES string of the molecule is CCCc1[nH]nc(CCc2ccc(OC)cc2)c1NC(=O)c1ccc(OC)cc1OC. The van der Waals surface area contributed by atoms with Crippen LogP contribution in [0.5, 0.6) is 17.2 Å². The summed E-state index contributed by atoms with van der Waals surface area (Å²) < 4.78 is 15.8. The molecule has 2 aromatic carbocycles. The minimum Gasteiger partial charge on any atom is -0.497 e. The molecule has 2 N–H and O–H groups in total. The van der Waals surface area contributed by atoms with Crippen LogP contribution in [-0.2, 0) is 19.3 Å². The van der Waals surface area contributed by atoms with Crippen molar-refractivity contribution in [2.45, 2.75) is 32.6 Å². The lowest BCUT2D eigenvalue weighted by Crippen LogP contribution is -2.15. The molecule has 0 radical (unpaired) electrons. The number of rotatable bonds is 10. The summed E-state index contributed by atoms with van der Waals surface area (Å²) in [6.07, 6.45) is 3.23. The third-order valence-electron chi connectivity index (χ3n) is 5.12. The lowest BCUT2D eigenvalue weighted by atomic mass is 10.1. The molecule has 0 aliphatic heterocycles. The fourth-order valence-corrected chi connectivity index (χ4v) is 3.40. The normalized spacial score (nSPS) is 10.6. The van der Waals surface area contributed by atoms with Gasteiger partial charge in [-0.05, 0) is 49.1 Å². The highest BCUT2D eigenvalue weighted by Gasteiger charge is 2.19. The van der Waals surface area contributed by atoms with Gasteiger partial charge in [0.15, 0.2) is 0 Å². The number of aryl methyl sites for hydroxylation is 3. The maximum absolute atomic E-state index is 13.1. The van der Waals surface area contributed by atoms with Gasteiger partial charge in [0.05, 0.1) is 44.0 Å². The third-order valence-corrected chi connectivity index (χ3v) is 5.12. The molecule has 31 heavy (non-hydrogen) atoms. The van der Waals surface area contributed by atoms with Crippen LogP contribution in [0.1, 0.15) is 40.7 Å². The molecule has 1 amide bonds. The number of carbonyl (C=O) groups excluding carboxylic acids is 1. The summed E-state index contributed by atoms with van der Waals surface area (Å²) in [7, 11) is 4.76. The van der Waals surface area contributed by atoms with Crippen molar-refractivity contribution >= 4 is 11.6 Å². The molecule has 7 nitrogen and oxygen atoms in total. The van der Waals surface area contributed by atoms with Crippen LogP contribution in [0, 0.1) is 0 Å². The zero-order valence-corrected chi connectivity index (χ0v) is 18.5. The second-order valence-electron chi connectivity index (χ2n) is 7.14. The number of aromatic amines is 1. The van der Waals surface area contributed by atoms with Crippen molar-refractivity contribution in [1.29, 1.82) is 0 Å². The largest absolute Gasteiger partial charge is 0.497 e. The maximum atomic E-state index is 13.1. The first-order valence-corrected chi connectivity index (χ1v) is 10.3. The van der Waals surface area contributed by atoms with Crippen LogP contribution in [0.3, 0.4) is 0 Å². The molecule has 0 saturated heterocycles. The zero-order valence-electron chi connectivity index (χ0n) is 18.5. The molecule has 164 valence electrons. The van der Waals surface area contributed by atoms with Gasteiger partial charge in [0, 0.05) is 6.07 Å². The summed E-state index contributed by atoms with van der Waals surface area (Å²) in [5.41, 5.74) is 4.12. The average Bonchev–Trinajstić information content (AvgIpc) is 3.18. The topological polar surface area (TPSA) is 85.5 Å². The van der Waals surface area contributed by atoms with Crippen LogP contribution in [0.15, 0.2) is 42.5 Å². The van der Waals surface area contributed by atoms with E-state index in [1.54, 1.807) is 32.4 Å². The molecule has 3 aromatic rings. The number of nitrogens with one attached hydrogen (secondary N) is 2. The number of aromatic nitrogens is 2. The van der Waals surface area contributed by atoms with Crippen LogP contribution >= 0.6 is 0 Å². The van der Waals surface area contributed by atoms with Crippen LogP contribution in [0.25, 0.3) is 0 Å². The van der Waals surface area contributed by atoms with Gasteiger partial charge in [-0.25, -0.2) is 0 Å². The first-order valence-electron chi connectivity index (χ1n) is 10.3. The van der Waals surface area contributed by atoms with Crippen molar-refractivity contribution in [3.63, 3.8) is 0 Å². The highest BCUT2D eigenvalue weighted by atomic mass is 16.5. The maximum Gasteiger partial charge on any atom is 0.259 e. The average molecular weight is 424 g/mol. The molecule has 0 saturated carbocycles. The zero-order chi connectivity index (χ0) is 22.2. The molecule has 1 aromatic heterocycles. The molecular formula is C24H29N3O4. The van der Waals surface area contributed by atoms with E-state index in [-0.39, 0.29) is 5.91 Å². The van der Waals surface area contributed by atoms with E-state index in [2.05, 4.69) is 22.4 Å². The van der Waals surface area contributed by atoms with Crippen molar-refractivity contribution in [3.05, 3.63) is 65.0 Å². The second kappa shape index (κ2) is 10.5. The van der Waals surface area contributed by atoms with Crippen molar-refractivity contribution < 1.29 is 19.0 Å². The van der Waals surface area contributed by atoms with Gasteiger partial charge in [0.2, 0.25) is 0 Å². The summed E-state index contributed by atoms with van der Waals surface area (Å²) in [6, 6.07) is 13.1. The Morgan fingerprint density at radius 2 is 1.65 bits per heavy atom. The Labute approximate surface area is 182 Å². The Morgan fingerprint density at radius 1 is 0.935 bits per heavy atom. The number of hydrogen-bond acceptors (Lipinski definition) is 5. The highest BCUT2D eigenvalue weighted by molar-refractivity contribution is 6.06. The van der Waals surface area contributed by atoms with Crippen molar-refractivity contribution in [3.8, 4) is 17.2 Å². The minimum absolute atomic E-state index is 0.246. The monoisotopic (exact) mass is 423 g/mol. The van der Waals surface area contributed by atoms with E-state index < -0.39 is 0 Å². The number of methoxy groups -OCH3 is 3. The highest BCUT2D eigenvalue weighted by Crippen LogP contribution is 2.28. The van der Waals surface area contributed by atoms with Crippen LogP contribution in [0.4, 0.5) is 5.69 Å². The van der Waals surface area contributed by atoms with Gasteiger partial charge in [-0.2, -0.15) is 5.10 Å². The van der Waals surface area contributed by atoms with Crippen LogP contribution in [0.2, 0.25) is 0 Å². The number of H-pyrrole nitrogens is 1. The molecule has 0 aliphatic carbocycles. The first-order chi connectivity index (χ1) is 15.1. The summed E-state index contributed by atoms with van der Waals surface area (Å²) in [5, 5.41) is 10.6. The lowest BCUT2D eigenvalue weighted by Gasteiger charge is -2.12. The molecule has 0 aliphatic rings. The van der Waals surface area contributed by atoms with Gasteiger partial charge in [-0.15, -0.1) is 0 Å². The molecule has 3 rings (SSSR count). The smallest absolute Gasteiger partial charge is 0.259 e. The Kier molecular flexibility index (Phi) is 7.54. The van der Waals surface area contributed by atoms with Crippen molar-refractivity contribution in [1.82, 2.24) is 10.2 Å². The fraction of sp³-hybridized carbons (Fsp3) is 0.333. The van der Waals surface area contributed by atoms with Crippen LogP contribution < -0.4 is 19.5 Å². The van der Waals surface area contributed by atoms with E-state index in [0.29, 0.717) is 23.5 Å². The van der Waals surface area contributed by atoms with Gasteiger partial charge in [0.25, 0.3) is 5.91 Å². The van der Waals surface area contributed by atoms with Gasteiger partial charge in [-0.1, -0.05) is 25.5 Å². The van der Waals surface area contributed by atoms with E-state index in [9.17, 15) is 4.79 Å². The van der Waals surface area contributed by atoms with E-state index in [1.807, 2.05) is 24.3 Å². The van der Waals surface area contributed by atoms with Crippen LogP contribution in [-0.4, -0.2) is 37.4 Å². The van der Waals surface area contributed by atoms with Gasteiger partial charge < -0.3 is 19.5 Å². The van der Waals surface area contributed by atoms with E-state index >= 15 is 0 Å². The molecule has 0 atom stereocenters. The number of benzene rings is 2. The Hall–Kier alpha value is -3.48. The summed E-state index contributed by atoms with van der Waals surface area (Å²) in [6.45, 7) is 2.09. The minimum atomic E-state index is -0.246. The molecule has 1 heterocycles. The molecule has 7 heteroatoms. The standard InChI is InChI=1S/C24H29N3O4/c1-5-6-20-23(25-24(28)19-13-12-18(30-3)15-22(19)31-4)21(27-26-20)14-9-16-7-10-17(29-2)11-8-16/h7-8,10-13,15H,5-6,9,14H2,1-4H3,(H,25,28)(H,26,27). The van der Waals surface area contributed by atoms with Gasteiger partial charge in [-0.3, -0.25) is 9.89 Å². The molecule has 0 spiro atoms. The second-order valence-corrected chi connectivity index (χ2v) is 7.14. The third kappa shape index (κ3) is 5.36. The Bertz CT molecular complexity index is 1010. The molecule has 0 bridgehead atoms. The summed E-state index contributed by atoms with van der Waals surface area (Å²) >= 11 is 0. The quantitative estimate of drug-likeness (QED) is 0.504. The predicted molar refractivity (Wildman–Crippen MR) is 120 cm³/mol. The van der Waals surface area contributed by atoms with E-state index in [1.165, 1.54) is 12.7 Å². The summed E-state index contributed by atoms with van der Waals surface area (Å²) in [4.78, 5) is 13.1. The molecular weight excluding hydrogens is 394 g/mol. The number of carbonyl (C=O) groups is 1. The Morgan fingerprint density at radius 3 is 2.29 bits per heavy atom. The number of amides is 1. The first kappa shape index (κ1) is 22.2. The van der Waals surface area contributed by atoms with Gasteiger partial charge in [0.1, 0.15) is 17.2 Å². The lowest BCUT2D eigenvalue weighted by molar-refractivity contribution is 0.102. The van der Waals surface area contributed by atoms with Crippen molar-refractivity contribution in [2.24, 2.45) is 0 Å².